The Balaban J connectivity index is 2.01. The maximum atomic E-state index is 11.8. The van der Waals surface area contributed by atoms with Crippen molar-refractivity contribution in [3.05, 3.63) is 75.8 Å². The van der Waals surface area contributed by atoms with E-state index in [1.165, 1.54) is 42.5 Å². The van der Waals surface area contributed by atoms with Crippen LogP contribution in [-0.4, -0.2) is 23.5 Å². The molecule has 7 nitrogen and oxygen atoms in total. The molecule has 0 spiro atoms. The third-order valence-electron chi connectivity index (χ3n) is 3.08. The Kier molecular flexibility index (Phi) is 6.00. The summed E-state index contributed by atoms with van der Waals surface area (Å²) in [6.07, 6.45) is 2.67. The highest BCUT2D eigenvalue weighted by molar-refractivity contribution is 5.91. The van der Waals surface area contributed by atoms with Crippen molar-refractivity contribution in [2.24, 2.45) is 0 Å². The van der Waals surface area contributed by atoms with E-state index in [1.807, 2.05) is 0 Å². The number of nitro benzene ring substituents is 1. The number of rotatable bonds is 6. The predicted molar refractivity (Wildman–Crippen MR) is 90.2 cm³/mol. The average molecular weight is 341 g/mol. The van der Waals surface area contributed by atoms with Gasteiger partial charge in [-0.15, -0.1) is 0 Å². The van der Waals surface area contributed by atoms with Crippen molar-refractivity contribution in [3.63, 3.8) is 0 Å². The quantitative estimate of drug-likeness (QED) is 0.263. The molecule has 0 saturated carbocycles. The van der Waals surface area contributed by atoms with Crippen molar-refractivity contribution in [2.75, 3.05) is 6.61 Å². The maximum absolute atomic E-state index is 11.8. The minimum absolute atomic E-state index is 0.0319. The standard InChI is InChI=1S/C18H15NO6/c1-2-24-18(21)14-4-3-5-16(12-14)25-17(20)11-8-13-6-9-15(10-7-13)19(22)23/h3-12H,2H2,1H3/b11-8+. The number of benzene rings is 2. The Labute approximate surface area is 143 Å². The minimum atomic E-state index is -0.639. The van der Waals surface area contributed by atoms with Crippen LogP contribution in [-0.2, 0) is 9.53 Å². The highest BCUT2D eigenvalue weighted by Crippen LogP contribution is 2.16. The molecule has 0 fully saturated rings. The number of hydrogen-bond acceptors (Lipinski definition) is 6. The minimum Gasteiger partial charge on any atom is -0.462 e. The molecule has 2 aromatic carbocycles. The van der Waals surface area contributed by atoms with Gasteiger partial charge in [0.05, 0.1) is 17.1 Å². The van der Waals surface area contributed by atoms with Gasteiger partial charge >= 0.3 is 11.9 Å². The molecule has 0 unspecified atom stereocenters. The van der Waals surface area contributed by atoms with Crippen LogP contribution in [0.15, 0.2) is 54.6 Å². The van der Waals surface area contributed by atoms with Gasteiger partial charge in [-0.1, -0.05) is 6.07 Å². The molecule has 0 radical (unpaired) electrons. The number of nitrogens with zero attached hydrogens (tertiary/aromatic N) is 1. The van der Waals surface area contributed by atoms with Gasteiger partial charge in [0.15, 0.2) is 0 Å². The lowest BCUT2D eigenvalue weighted by Gasteiger charge is -2.04. The van der Waals surface area contributed by atoms with Crippen LogP contribution in [0.4, 0.5) is 5.69 Å². The zero-order valence-electron chi connectivity index (χ0n) is 13.4. The lowest BCUT2D eigenvalue weighted by atomic mass is 10.2. The summed E-state index contributed by atoms with van der Waals surface area (Å²) < 4.78 is 10.0. The second-order valence-corrected chi connectivity index (χ2v) is 4.85. The summed E-state index contributed by atoms with van der Waals surface area (Å²) in [5.41, 5.74) is 0.866. The number of nitro groups is 1. The van der Waals surface area contributed by atoms with Gasteiger partial charge in [0.25, 0.3) is 5.69 Å². The van der Waals surface area contributed by atoms with E-state index >= 15 is 0 Å². The molecule has 0 aliphatic carbocycles. The highest BCUT2D eigenvalue weighted by atomic mass is 16.6. The van der Waals surface area contributed by atoms with Crippen LogP contribution in [0.5, 0.6) is 5.75 Å². The fraction of sp³-hybridized carbons (Fsp3) is 0.111. The Morgan fingerprint density at radius 3 is 2.52 bits per heavy atom. The van der Waals surface area contributed by atoms with Crippen molar-refractivity contribution < 1.29 is 24.0 Å². The van der Waals surface area contributed by atoms with E-state index in [0.717, 1.165) is 0 Å². The molecular weight excluding hydrogens is 326 g/mol. The normalized spacial score (nSPS) is 10.4. The molecule has 128 valence electrons. The molecule has 2 rings (SSSR count). The number of non-ortho nitro benzene ring substituents is 1. The molecule has 7 heteroatoms. The zero-order valence-corrected chi connectivity index (χ0v) is 13.4. The number of carbonyl (C=O) groups is 2. The predicted octanol–water partition coefficient (Wildman–Crippen LogP) is 3.39. The largest absolute Gasteiger partial charge is 0.462 e. The third-order valence-corrected chi connectivity index (χ3v) is 3.08. The fourth-order valence-electron chi connectivity index (χ4n) is 1.92. The molecule has 0 saturated heterocycles. The van der Waals surface area contributed by atoms with Crippen molar-refractivity contribution in [3.8, 4) is 5.75 Å². The van der Waals surface area contributed by atoms with Gasteiger partial charge in [-0.2, -0.15) is 0 Å². The topological polar surface area (TPSA) is 95.7 Å². The number of esters is 2. The van der Waals surface area contributed by atoms with E-state index in [4.69, 9.17) is 9.47 Å². The molecule has 0 amide bonds. The van der Waals surface area contributed by atoms with Crippen LogP contribution in [0.1, 0.15) is 22.8 Å². The fourth-order valence-corrected chi connectivity index (χ4v) is 1.92. The van der Waals surface area contributed by atoms with Gasteiger partial charge in [-0.3, -0.25) is 10.1 Å². The van der Waals surface area contributed by atoms with Gasteiger partial charge in [0.1, 0.15) is 5.75 Å². The van der Waals surface area contributed by atoms with E-state index in [1.54, 1.807) is 25.1 Å². The summed E-state index contributed by atoms with van der Waals surface area (Å²) in [6, 6.07) is 11.8. The molecule has 0 bridgehead atoms. The molecule has 0 aliphatic rings. The smallest absolute Gasteiger partial charge is 0.338 e. The highest BCUT2D eigenvalue weighted by Gasteiger charge is 2.09. The van der Waals surface area contributed by atoms with Crippen LogP contribution >= 0.6 is 0 Å². The first-order chi connectivity index (χ1) is 12.0. The monoisotopic (exact) mass is 341 g/mol. The molecule has 0 aromatic heterocycles. The van der Waals surface area contributed by atoms with Gasteiger partial charge in [-0.05, 0) is 48.9 Å². The lowest BCUT2D eigenvalue weighted by Crippen LogP contribution is -2.07. The van der Waals surface area contributed by atoms with E-state index in [0.29, 0.717) is 5.56 Å². The Morgan fingerprint density at radius 2 is 1.88 bits per heavy atom. The zero-order chi connectivity index (χ0) is 18.2. The summed E-state index contributed by atoms with van der Waals surface area (Å²) in [7, 11) is 0. The average Bonchev–Trinajstić information content (AvgIpc) is 2.61. The Hall–Kier alpha value is -3.48. The third kappa shape index (κ3) is 5.28. The first-order valence-corrected chi connectivity index (χ1v) is 7.41. The second kappa shape index (κ2) is 8.39. The van der Waals surface area contributed by atoms with E-state index in [9.17, 15) is 19.7 Å². The molecule has 0 heterocycles. The summed E-state index contributed by atoms with van der Waals surface area (Å²) in [4.78, 5) is 33.6. The SMILES string of the molecule is CCOC(=O)c1cccc(OC(=O)/C=C/c2ccc([N+](=O)[O-])cc2)c1. The second-order valence-electron chi connectivity index (χ2n) is 4.85. The van der Waals surface area contributed by atoms with Crippen molar-refractivity contribution in [1.82, 2.24) is 0 Å². The number of carbonyl (C=O) groups excluding carboxylic acids is 2. The number of hydrogen-bond donors (Lipinski definition) is 0. The Bertz CT molecular complexity index is 811. The first kappa shape index (κ1) is 17.9. The lowest BCUT2D eigenvalue weighted by molar-refractivity contribution is -0.384. The molecule has 25 heavy (non-hydrogen) atoms. The number of ether oxygens (including phenoxy) is 2. The molecule has 2 aromatic rings. The summed E-state index contributed by atoms with van der Waals surface area (Å²) >= 11 is 0. The van der Waals surface area contributed by atoms with E-state index in [-0.39, 0.29) is 23.6 Å². The summed E-state index contributed by atoms with van der Waals surface area (Å²) in [5, 5.41) is 10.6. The molecule has 0 aliphatic heterocycles. The van der Waals surface area contributed by atoms with Crippen LogP contribution in [0.3, 0.4) is 0 Å². The van der Waals surface area contributed by atoms with Gasteiger partial charge in [0.2, 0.25) is 0 Å². The van der Waals surface area contributed by atoms with Gasteiger partial charge in [-0.25, -0.2) is 9.59 Å². The van der Waals surface area contributed by atoms with Crippen LogP contribution in [0, 0.1) is 10.1 Å². The van der Waals surface area contributed by atoms with E-state index in [2.05, 4.69) is 0 Å². The van der Waals surface area contributed by atoms with E-state index < -0.39 is 16.9 Å². The summed E-state index contributed by atoms with van der Waals surface area (Å²) in [6.45, 7) is 1.95. The maximum Gasteiger partial charge on any atom is 0.338 e. The van der Waals surface area contributed by atoms with Crippen molar-refractivity contribution in [2.45, 2.75) is 6.92 Å². The molecule has 0 atom stereocenters. The molecule has 0 N–H and O–H groups in total. The van der Waals surface area contributed by atoms with Crippen molar-refractivity contribution in [1.29, 1.82) is 0 Å². The Morgan fingerprint density at radius 1 is 1.16 bits per heavy atom. The summed E-state index contributed by atoms with van der Waals surface area (Å²) in [5.74, 6) is -0.926. The first-order valence-electron chi connectivity index (χ1n) is 7.41. The van der Waals surface area contributed by atoms with Gasteiger partial charge < -0.3 is 9.47 Å². The molecular formula is C18H15NO6. The van der Waals surface area contributed by atoms with Crippen molar-refractivity contribution >= 4 is 23.7 Å². The van der Waals surface area contributed by atoms with Gasteiger partial charge in [0, 0.05) is 18.2 Å². The van der Waals surface area contributed by atoms with Crippen LogP contribution < -0.4 is 4.74 Å². The van der Waals surface area contributed by atoms with Crippen LogP contribution in [0.2, 0.25) is 0 Å². The van der Waals surface area contributed by atoms with Crippen LogP contribution in [0.25, 0.3) is 6.08 Å².